The van der Waals surface area contributed by atoms with E-state index in [1.807, 2.05) is 72.8 Å². The molecule has 0 spiro atoms. The third-order valence-corrected chi connectivity index (χ3v) is 5.22. The largest absolute Gasteiger partial charge is 0.325 e. The first-order valence-electron chi connectivity index (χ1n) is 9.43. The van der Waals surface area contributed by atoms with E-state index in [1.54, 1.807) is 11.5 Å². The third-order valence-electron chi connectivity index (χ3n) is 4.41. The van der Waals surface area contributed by atoms with Crippen LogP contribution in [0.2, 0.25) is 0 Å². The van der Waals surface area contributed by atoms with Gasteiger partial charge in [0.05, 0.1) is 12.1 Å². The topological polar surface area (TPSA) is 71.1 Å². The van der Waals surface area contributed by atoms with Crippen LogP contribution in [0.3, 0.4) is 0 Å². The van der Waals surface area contributed by atoms with Crippen molar-refractivity contribution in [2.24, 2.45) is 0 Å². The number of amides is 2. The lowest BCUT2D eigenvalue weighted by Crippen LogP contribution is -2.15. The Bertz CT molecular complexity index is 1210. The molecule has 0 aliphatic heterocycles. The van der Waals surface area contributed by atoms with Crippen LogP contribution in [0.4, 0.5) is 10.8 Å². The molecule has 2 N–H and O–H groups in total. The normalized spacial score (nSPS) is 10.9. The maximum absolute atomic E-state index is 12.5. The molecule has 4 aromatic rings. The van der Waals surface area contributed by atoms with E-state index < -0.39 is 0 Å². The van der Waals surface area contributed by atoms with E-state index in [4.69, 9.17) is 0 Å². The molecule has 0 fully saturated rings. The molecule has 1 aromatic heterocycles. The van der Waals surface area contributed by atoms with E-state index in [2.05, 4.69) is 15.6 Å². The summed E-state index contributed by atoms with van der Waals surface area (Å²) in [4.78, 5) is 28.9. The summed E-state index contributed by atoms with van der Waals surface area (Å²) in [6.07, 6.45) is 3.33. The van der Waals surface area contributed by atoms with Gasteiger partial charge in [-0.1, -0.05) is 66.7 Å². The van der Waals surface area contributed by atoms with Crippen molar-refractivity contribution >= 4 is 50.8 Å². The Hall–Kier alpha value is -3.77. The number of hydrogen-bond donors (Lipinski definition) is 2. The van der Waals surface area contributed by atoms with Gasteiger partial charge in [-0.05, 0) is 23.1 Å². The minimum absolute atomic E-state index is 0.134. The maximum atomic E-state index is 12.5. The number of anilines is 2. The number of carbonyl (C=O) groups is 2. The zero-order chi connectivity index (χ0) is 20.8. The second-order valence-corrected chi connectivity index (χ2v) is 7.49. The summed E-state index contributed by atoms with van der Waals surface area (Å²) in [5.41, 5.74) is 2.32. The van der Waals surface area contributed by atoms with E-state index in [9.17, 15) is 9.59 Å². The minimum atomic E-state index is -0.264. The quantitative estimate of drug-likeness (QED) is 0.431. The van der Waals surface area contributed by atoms with Crippen molar-refractivity contribution < 1.29 is 9.59 Å². The Labute approximate surface area is 178 Å². The van der Waals surface area contributed by atoms with Gasteiger partial charge in [-0.3, -0.25) is 14.9 Å². The molecule has 0 bridgehead atoms. The van der Waals surface area contributed by atoms with Gasteiger partial charge in [0.15, 0.2) is 5.13 Å². The second-order valence-electron chi connectivity index (χ2n) is 6.63. The molecule has 0 aliphatic carbocycles. The average Bonchev–Trinajstić information content (AvgIpc) is 3.19. The summed E-state index contributed by atoms with van der Waals surface area (Å²) < 4.78 is 0. The smallest absolute Gasteiger partial charge is 0.250 e. The number of hydrogen-bond acceptors (Lipinski definition) is 4. The molecule has 3 aromatic carbocycles. The molecule has 0 unspecified atom stereocenters. The molecular formula is C24H19N3O2S. The third kappa shape index (κ3) is 4.98. The summed E-state index contributed by atoms with van der Waals surface area (Å²) in [5, 5.41) is 9.98. The van der Waals surface area contributed by atoms with Gasteiger partial charge < -0.3 is 5.32 Å². The summed E-state index contributed by atoms with van der Waals surface area (Å²) in [6.45, 7) is 0. The van der Waals surface area contributed by atoms with Gasteiger partial charge in [0.2, 0.25) is 11.8 Å². The number of rotatable bonds is 6. The molecule has 4 rings (SSSR count). The van der Waals surface area contributed by atoms with Crippen LogP contribution < -0.4 is 10.6 Å². The summed E-state index contributed by atoms with van der Waals surface area (Å²) in [7, 11) is 0. The van der Waals surface area contributed by atoms with Gasteiger partial charge in [0, 0.05) is 22.5 Å². The Morgan fingerprint density at radius 1 is 0.900 bits per heavy atom. The highest BCUT2D eigenvalue weighted by Gasteiger charge is 2.10. The molecule has 148 valence electrons. The van der Waals surface area contributed by atoms with Crippen molar-refractivity contribution in [1.29, 1.82) is 0 Å². The first-order valence-corrected chi connectivity index (χ1v) is 10.3. The molecule has 0 radical (unpaired) electrons. The highest BCUT2D eigenvalue weighted by molar-refractivity contribution is 7.14. The lowest BCUT2D eigenvalue weighted by Gasteiger charge is -2.08. The van der Waals surface area contributed by atoms with Crippen molar-refractivity contribution in [2.45, 2.75) is 6.42 Å². The first kappa shape index (κ1) is 19.5. The van der Waals surface area contributed by atoms with Crippen LogP contribution in [-0.4, -0.2) is 16.8 Å². The van der Waals surface area contributed by atoms with Crippen LogP contribution in [0.1, 0.15) is 11.3 Å². The van der Waals surface area contributed by atoms with Crippen molar-refractivity contribution in [1.82, 2.24) is 4.98 Å². The Morgan fingerprint density at radius 2 is 1.67 bits per heavy atom. The highest BCUT2D eigenvalue weighted by Crippen LogP contribution is 2.23. The van der Waals surface area contributed by atoms with Gasteiger partial charge in [-0.2, -0.15) is 0 Å². The lowest BCUT2D eigenvalue weighted by atomic mass is 10.1. The molecule has 1 heterocycles. The predicted octanol–water partition coefficient (Wildman–Crippen LogP) is 5.13. The SMILES string of the molecule is O=C(/C=C/c1ccccc1)Nc1nc(CC(=O)Nc2cccc3ccccc23)cs1. The number of thiazole rings is 1. The molecule has 2 amide bonds. The van der Waals surface area contributed by atoms with Crippen molar-refractivity contribution in [2.75, 3.05) is 10.6 Å². The fourth-order valence-electron chi connectivity index (χ4n) is 3.02. The van der Waals surface area contributed by atoms with Crippen molar-refractivity contribution in [3.8, 4) is 0 Å². The summed E-state index contributed by atoms with van der Waals surface area (Å²) in [5.74, 6) is -0.418. The van der Waals surface area contributed by atoms with E-state index in [-0.39, 0.29) is 18.2 Å². The number of nitrogens with zero attached hydrogens (tertiary/aromatic N) is 1. The molecule has 0 saturated carbocycles. The Balaban J connectivity index is 1.35. The van der Waals surface area contributed by atoms with Gasteiger partial charge >= 0.3 is 0 Å². The molecule has 0 aliphatic rings. The summed E-state index contributed by atoms with van der Waals surface area (Å²) in [6, 6.07) is 23.3. The van der Waals surface area contributed by atoms with Gasteiger partial charge in [0.1, 0.15) is 0 Å². The monoisotopic (exact) mass is 413 g/mol. The number of benzene rings is 3. The molecule has 0 saturated heterocycles. The van der Waals surface area contributed by atoms with E-state index in [0.29, 0.717) is 10.8 Å². The number of carbonyl (C=O) groups excluding carboxylic acids is 2. The van der Waals surface area contributed by atoms with Crippen LogP contribution in [0.5, 0.6) is 0 Å². The number of fused-ring (bicyclic) bond motifs is 1. The molecular weight excluding hydrogens is 394 g/mol. The number of nitrogens with one attached hydrogen (secondary N) is 2. The Morgan fingerprint density at radius 3 is 2.53 bits per heavy atom. The van der Waals surface area contributed by atoms with Crippen LogP contribution in [0.25, 0.3) is 16.8 Å². The van der Waals surface area contributed by atoms with Gasteiger partial charge in [-0.15, -0.1) is 11.3 Å². The first-order chi connectivity index (χ1) is 14.7. The standard InChI is InChI=1S/C24H19N3O2S/c28-22(14-13-17-7-2-1-3-8-17)27-24-25-19(16-30-24)15-23(29)26-21-12-6-10-18-9-4-5-11-20(18)21/h1-14,16H,15H2,(H,26,29)(H,25,27,28)/b14-13+. The highest BCUT2D eigenvalue weighted by atomic mass is 32.1. The molecule has 5 nitrogen and oxygen atoms in total. The fraction of sp³-hybridized carbons (Fsp3) is 0.0417. The van der Waals surface area contributed by atoms with E-state index in [1.165, 1.54) is 17.4 Å². The molecule has 6 heteroatoms. The lowest BCUT2D eigenvalue weighted by molar-refractivity contribution is -0.115. The zero-order valence-electron chi connectivity index (χ0n) is 16.0. The Kier molecular flexibility index (Phi) is 5.96. The minimum Gasteiger partial charge on any atom is -0.325 e. The number of aromatic nitrogens is 1. The second kappa shape index (κ2) is 9.15. The maximum Gasteiger partial charge on any atom is 0.250 e. The molecule has 0 atom stereocenters. The van der Waals surface area contributed by atoms with Crippen LogP contribution in [0, 0.1) is 0 Å². The van der Waals surface area contributed by atoms with Crippen LogP contribution in [-0.2, 0) is 16.0 Å². The van der Waals surface area contributed by atoms with Crippen molar-refractivity contribution in [3.05, 3.63) is 95.5 Å². The van der Waals surface area contributed by atoms with E-state index in [0.717, 1.165) is 22.0 Å². The fourth-order valence-corrected chi connectivity index (χ4v) is 3.74. The molecule has 30 heavy (non-hydrogen) atoms. The van der Waals surface area contributed by atoms with Gasteiger partial charge in [-0.25, -0.2) is 4.98 Å². The summed E-state index contributed by atoms with van der Waals surface area (Å²) >= 11 is 1.29. The van der Waals surface area contributed by atoms with Crippen LogP contribution >= 0.6 is 11.3 Å². The zero-order valence-corrected chi connectivity index (χ0v) is 16.9. The van der Waals surface area contributed by atoms with Gasteiger partial charge in [0.25, 0.3) is 0 Å². The van der Waals surface area contributed by atoms with Crippen LogP contribution in [0.15, 0.2) is 84.3 Å². The van der Waals surface area contributed by atoms with Crippen molar-refractivity contribution in [3.63, 3.8) is 0 Å². The predicted molar refractivity (Wildman–Crippen MR) is 123 cm³/mol. The van der Waals surface area contributed by atoms with E-state index >= 15 is 0 Å². The average molecular weight is 414 g/mol.